The molecule has 0 unspecified atom stereocenters. The molecule has 0 amide bonds. The van der Waals surface area contributed by atoms with Gasteiger partial charge in [-0.3, -0.25) is 15.0 Å². The minimum atomic E-state index is -3.81. The fourth-order valence-corrected chi connectivity index (χ4v) is 7.22. The van der Waals surface area contributed by atoms with Crippen molar-refractivity contribution in [3.63, 3.8) is 0 Å². The summed E-state index contributed by atoms with van der Waals surface area (Å²) in [6.45, 7) is 2.54. The van der Waals surface area contributed by atoms with Crippen LogP contribution < -0.4 is 0 Å². The molecule has 0 radical (unpaired) electrons. The van der Waals surface area contributed by atoms with Gasteiger partial charge in [-0.1, -0.05) is 30.2 Å². The fraction of sp³-hybridized carbons (Fsp3) is 0.367. The summed E-state index contributed by atoms with van der Waals surface area (Å²) in [7, 11) is 0.298. The average molecular weight is 560 g/mol. The summed E-state index contributed by atoms with van der Waals surface area (Å²) in [4.78, 5) is 19.9. The Kier molecular flexibility index (Phi) is 8.28. The van der Waals surface area contributed by atoms with Crippen molar-refractivity contribution in [1.82, 2.24) is 19.1 Å². The highest BCUT2D eigenvalue weighted by Crippen LogP contribution is 2.42. The predicted molar refractivity (Wildman–Crippen MR) is 153 cm³/mol. The van der Waals surface area contributed by atoms with E-state index in [4.69, 9.17) is 0 Å². The summed E-state index contributed by atoms with van der Waals surface area (Å²) in [5.41, 5.74) is 2.56. The van der Waals surface area contributed by atoms with Crippen LogP contribution in [0, 0.1) is 22.0 Å². The van der Waals surface area contributed by atoms with Gasteiger partial charge in [0.15, 0.2) is 0 Å². The number of likely N-dealkylation sites (N-methyl/N-ethyl adjacent to an activating group) is 1. The number of fused-ring (bicyclic) bond motifs is 1. The van der Waals surface area contributed by atoms with E-state index in [0.29, 0.717) is 18.8 Å². The van der Waals surface area contributed by atoms with Crippen molar-refractivity contribution in [1.29, 1.82) is 0 Å². The zero-order valence-corrected chi connectivity index (χ0v) is 23.5. The van der Waals surface area contributed by atoms with Crippen LogP contribution in [-0.4, -0.2) is 84.8 Å². The molecular formula is C30H33N5O4S. The van der Waals surface area contributed by atoms with Crippen molar-refractivity contribution in [2.24, 2.45) is 0 Å². The number of rotatable bonds is 6. The number of nitro benzene ring substituents is 1. The van der Waals surface area contributed by atoms with Gasteiger partial charge >= 0.3 is 0 Å². The molecular weight excluding hydrogens is 526 g/mol. The first-order valence-corrected chi connectivity index (χ1v) is 14.9. The smallest absolute Gasteiger partial charge is 0.269 e. The number of sulfonamides is 1. The Hall–Kier alpha value is -3.62. The number of nitrogens with zero attached hydrogens (tertiary/aromatic N) is 5. The zero-order chi connectivity index (χ0) is 28.3. The van der Waals surface area contributed by atoms with Crippen LogP contribution in [0.25, 0.3) is 0 Å². The van der Waals surface area contributed by atoms with Crippen molar-refractivity contribution >= 4 is 15.7 Å². The maximum Gasteiger partial charge on any atom is 0.269 e. The molecule has 3 atom stereocenters. The van der Waals surface area contributed by atoms with Gasteiger partial charge in [-0.15, -0.1) is 0 Å². The third-order valence-electron chi connectivity index (χ3n) is 7.66. The van der Waals surface area contributed by atoms with Gasteiger partial charge in [-0.2, -0.15) is 4.31 Å². The summed E-state index contributed by atoms with van der Waals surface area (Å²) in [5, 5.41) is 11.1. The van der Waals surface area contributed by atoms with Crippen LogP contribution in [0.4, 0.5) is 5.69 Å². The van der Waals surface area contributed by atoms with E-state index < -0.39 is 14.9 Å². The van der Waals surface area contributed by atoms with Crippen LogP contribution in [0.3, 0.4) is 0 Å². The maximum atomic E-state index is 13.6. The molecule has 208 valence electrons. The Bertz CT molecular complexity index is 1500. The molecule has 10 heteroatoms. The summed E-state index contributed by atoms with van der Waals surface area (Å²) in [6, 6.07) is 19.2. The van der Waals surface area contributed by atoms with Crippen LogP contribution in [0.2, 0.25) is 0 Å². The fourth-order valence-electron chi connectivity index (χ4n) is 5.72. The average Bonchev–Trinajstić information content (AvgIpc) is 2.93. The Balaban J connectivity index is 1.41. The standard InChI is InChI=1S/C30H33N5O4S/c1-32(2)21-28-30(24-11-13-25(31-20-24)12-10-23-8-4-3-5-9-23)29-22-33(18-6-7-19-34(28)29)40(38,39)27-16-14-26(15-17-27)35(36)37/h3-5,8-9,11,13-17,20,28-30H,6-7,18-19,21-22H2,1-2H3/t28-,29+,30+/m1/s1. The van der Waals surface area contributed by atoms with E-state index >= 15 is 0 Å². The summed E-state index contributed by atoms with van der Waals surface area (Å²) >= 11 is 0. The van der Waals surface area contributed by atoms with Crippen molar-refractivity contribution < 1.29 is 13.3 Å². The molecule has 2 saturated heterocycles. The maximum absolute atomic E-state index is 13.6. The molecule has 0 bridgehead atoms. The lowest BCUT2D eigenvalue weighted by Gasteiger charge is -2.58. The van der Waals surface area contributed by atoms with Crippen molar-refractivity contribution in [2.75, 3.05) is 40.3 Å². The summed E-state index contributed by atoms with van der Waals surface area (Å²) in [6.07, 6.45) is 3.53. The van der Waals surface area contributed by atoms with Gasteiger partial charge in [0.2, 0.25) is 10.0 Å². The summed E-state index contributed by atoms with van der Waals surface area (Å²) < 4.78 is 28.8. The third kappa shape index (κ3) is 5.93. The van der Waals surface area contributed by atoms with E-state index in [0.717, 1.165) is 37.1 Å². The Morgan fingerprint density at radius 1 is 1.00 bits per heavy atom. The lowest BCUT2D eigenvalue weighted by Crippen LogP contribution is -2.68. The highest BCUT2D eigenvalue weighted by molar-refractivity contribution is 7.89. The molecule has 2 aliphatic rings. The van der Waals surface area contributed by atoms with Crippen LogP contribution >= 0.6 is 0 Å². The van der Waals surface area contributed by atoms with E-state index in [1.807, 2.05) is 42.6 Å². The number of pyridine rings is 1. The quantitative estimate of drug-likeness (QED) is 0.259. The first kappa shape index (κ1) is 27.9. The molecule has 3 heterocycles. The lowest BCUT2D eigenvalue weighted by atomic mass is 9.74. The molecule has 40 heavy (non-hydrogen) atoms. The van der Waals surface area contributed by atoms with E-state index in [1.54, 1.807) is 4.31 Å². The molecule has 2 aliphatic heterocycles. The van der Waals surface area contributed by atoms with Crippen LogP contribution in [0.15, 0.2) is 77.8 Å². The molecule has 5 rings (SSSR count). The molecule has 3 aromatic rings. The van der Waals surface area contributed by atoms with Gasteiger partial charge < -0.3 is 4.90 Å². The molecule has 2 aromatic carbocycles. The van der Waals surface area contributed by atoms with Gasteiger partial charge in [0.25, 0.3) is 5.69 Å². The minimum Gasteiger partial charge on any atom is -0.308 e. The highest BCUT2D eigenvalue weighted by Gasteiger charge is 2.50. The topological polar surface area (TPSA) is 99.9 Å². The Labute approximate surface area is 235 Å². The number of non-ortho nitro benzene ring substituents is 1. The van der Waals surface area contributed by atoms with Crippen LogP contribution in [0.5, 0.6) is 0 Å². The van der Waals surface area contributed by atoms with Crippen molar-refractivity contribution in [3.8, 4) is 11.8 Å². The Morgan fingerprint density at radius 3 is 2.38 bits per heavy atom. The predicted octanol–water partition coefficient (Wildman–Crippen LogP) is 3.57. The Morgan fingerprint density at radius 2 is 1.73 bits per heavy atom. The van der Waals surface area contributed by atoms with E-state index in [9.17, 15) is 18.5 Å². The van der Waals surface area contributed by atoms with Crippen LogP contribution in [-0.2, 0) is 10.0 Å². The number of hydrogen-bond donors (Lipinski definition) is 0. The van der Waals surface area contributed by atoms with E-state index in [-0.39, 0.29) is 28.6 Å². The number of nitro groups is 1. The first-order chi connectivity index (χ1) is 19.2. The van der Waals surface area contributed by atoms with Crippen molar-refractivity contribution in [2.45, 2.75) is 35.7 Å². The SMILES string of the molecule is CN(C)C[C@@H]1[C@H](c2ccc(C#Cc3ccccc3)nc2)[C@@H]2CN(S(=O)(=O)c3ccc([N+](=O)[O-])cc3)CCCCN12. The molecule has 2 fully saturated rings. The number of benzene rings is 2. The van der Waals surface area contributed by atoms with Crippen molar-refractivity contribution in [3.05, 3.63) is 99.9 Å². The van der Waals surface area contributed by atoms with Gasteiger partial charge in [0.05, 0.1) is 9.82 Å². The molecule has 9 nitrogen and oxygen atoms in total. The number of hydrogen-bond acceptors (Lipinski definition) is 7. The normalized spacial score (nSPS) is 21.8. The second-order valence-corrected chi connectivity index (χ2v) is 12.5. The van der Waals surface area contributed by atoms with Crippen LogP contribution in [0.1, 0.15) is 35.6 Å². The van der Waals surface area contributed by atoms with E-state index in [1.165, 1.54) is 24.3 Å². The third-order valence-corrected chi connectivity index (χ3v) is 9.54. The number of aromatic nitrogens is 1. The van der Waals surface area contributed by atoms with Gasteiger partial charge in [0.1, 0.15) is 5.69 Å². The molecule has 1 aromatic heterocycles. The van der Waals surface area contributed by atoms with Gasteiger partial charge in [-0.25, -0.2) is 13.4 Å². The largest absolute Gasteiger partial charge is 0.308 e. The first-order valence-electron chi connectivity index (χ1n) is 13.4. The van der Waals surface area contributed by atoms with Gasteiger partial charge in [-0.05, 0) is 75.3 Å². The lowest BCUT2D eigenvalue weighted by molar-refractivity contribution is -0.384. The monoisotopic (exact) mass is 559 g/mol. The highest BCUT2D eigenvalue weighted by atomic mass is 32.2. The molecule has 0 spiro atoms. The van der Waals surface area contributed by atoms with Gasteiger partial charge in [0, 0.05) is 61.5 Å². The second kappa shape index (κ2) is 11.9. The molecule has 0 aliphatic carbocycles. The van der Waals surface area contributed by atoms with E-state index in [2.05, 4.69) is 46.8 Å². The zero-order valence-electron chi connectivity index (χ0n) is 22.7. The minimum absolute atomic E-state index is 0.00104. The molecule has 0 saturated carbocycles. The molecule has 0 N–H and O–H groups in total. The summed E-state index contributed by atoms with van der Waals surface area (Å²) in [5.74, 6) is 6.38. The second-order valence-electron chi connectivity index (χ2n) is 10.6.